The fraction of sp³-hybridized carbons (Fsp3) is 0.429. The van der Waals surface area contributed by atoms with Gasteiger partial charge in [-0.15, -0.1) is 0 Å². The van der Waals surface area contributed by atoms with Crippen molar-refractivity contribution < 1.29 is 9.55 Å². The molecule has 2 heterocycles. The molecule has 1 aromatic heterocycles. The first kappa shape index (κ1) is 15.3. The molecule has 2 aliphatic rings. The molecule has 25 heavy (non-hydrogen) atoms. The third-order valence-electron chi connectivity index (χ3n) is 4.65. The maximum absolute atomic E-state index is 11.6. The monoisotopic (exact) mass is 344 g/mol. The van der Waals surface area contributed by atoms with Gasteiger partial charge in [0, 0.05) is 6.07 Å². The Morgan fingerprint density at radius 2 is 1.96 bits per heavy atom. The van der Waals surface area contributed by atoms with Gasteiger partial charge in [-0.2, -0.15) is 4.99 Å². The first-order valence-electron chi connectivity index (χ1n) is 7.91. The van der Waals surface area contributed by atoms with Crippen LogP contribution in [-0.2, 0) is 0 Å². The van der Waals surface area contributed by atoms with Crippen LogP contribution in [0.25, 0.3) is 11.0 Å². The van der Waals surface area contributed by atoms with Crippen molar-refractivity contribution in [1.82, 2.24) is 10.3 Å². The molecule has 0 atom stereocenters. The maximum atomic E-state index is 11.6. The number of benzene rings is 1. The van der Waals surface area contributed by atoms with E-state index in [4.69, 9.17) is 16.1 Å². The summed E-state index contributed by atoms with van der Waals surface area (Å²) in [6, 6.07) is 2.84. The van der Waals surface area contributed by atoms with E-state index in [1.807, 2.05) is 0 Å². The molecule has 4 rings (SSSR count). The zero-order valence-electron chi connectivity index (χ0n) is 13.3. The largest absolute Gasteiger partial charge is 0.369 e. The summed E-state index contributed by atoms with van der Waals surface area (Å²) in [4.78, 5) is 21.3. The molecule has 1 aromatic carbocycles. The first-order valence-corrected chi connectivity index (χ1v) is 7.91. The standard InChI is InChI=1S/C14H16N8O3/c15-12-17-13(16)21(14(18-12)6-2-1-3-7-14)11-9(22(23)24)5-4-8-10(11)20-25-19-8/h4-5H,1-3,6-7H2,(H4,15,16,17,18). The number of guanidine groups is 2. The molecule has 1 aliphatic heterocycles. The summed E-state index contributed by atoms with van der Waals surface area (Å²) in [5.74, 6) is 0.122. The Morgan fingerprint density at radius 3 is 2.68 bits per heavy atom. The molecule has 0 radical (unpaired) electrons. The van der Waals surface area contributed by atoms with Crippen LogP contribution in [0.3, 0.4) is 0 Å². The smallest absolute Gasteiger partial charge is 0.295 e. The van der Waals surface area contributed by atoms with Crippen molar-refractivity contribution >= 4 is 34.3 Å². The van der Waals surface area contributed by atoms with Crippen molar-refractivity contribution in [2.75, 3.05) is 4.90 Å². The molecule has 1 fully saturated rings. The van der Waals surface area contributed by atoms with Gasteiger partial charge < -0.3 is 11.5 Å². The molecule has 2 aromatic rings. The second-order valence-corrected chi connectivity index (χ2v) is 6.14. The topological polar surface area (TPSA) is 162 Å². The van der Waals surface area contributed by atoms with E-state index in [9.17, 15) is 10.1 Å². The van der Waals surface area contributed by atoms with Crippen molar-refractivity contribution in [2.24, 2.45) is 21.5 Å². The van der Waals surface area contributed by atoms with E-state index in [0.29, 0.717) is 18.4 Å². The lowest BCUT2D eigenvalue weighted by atomic mass is 9.87. The number of nitrogens with zero attached hydrogens (tertiary/aromatic N) is 6. The van der Waals surface area contributed by atoms with Gasteiger partial charge in [-0.25, -0.2) is 9.62 Å². The zero-order valence-corrected chi connectivity index (χ0v) is 13.3. The van der Waals surface area contributed by atoms with Gasteiger partial charge in [0.1, 0.15) is 11.2 Å². The average molecular weight is 344 g/mol. The van der Waals surface area contributed by atoms with Crippen molar-refractivity contribution in [3.8, 4) is 0 Å². The lowest BCUT2D eigenvalue weighted by molar-refractivity contribution is -0.384. The fourth-order valence-electron chi connectivity index (χ4n) is 3.64. The second kappa shape index (κ2) is 5.40. The first-order chi connectivity index (χ1) is 12.0. The summed E-state index contributed by atoms with van der Waals surface area (Å²) in [6.07, 6.45) is 4.17. The highest BCUT2D eigenvalue weighted by Gasteiger charge is 2.46. The number of hydrogen-bond donors (Lipinski definition) is 2. The normalized spacial score (nSPS) is 19.8. The molecule has 4 N–H and O–H groups in total. The number of anilines is 1. The Hall–Kier alpha value is -3.24. The van der Waals surface area contributed by atoms with Crippen LogP contribution in [0.2, 0.25) is 0 Å². The Bertz CT molecular complexity index is 912. The van der Waals surface area contributed by atoms with Gasteiger partial charge in [-0.05, 0) is 42.1 Å². The predicted octanol–water partition coefficient (Wildman–Crippen LogP) is 1.24. The Kier molecular flexibility index (Phi) is 3.30. The molecule has 11 heteroatoms. The minimum absolute atomic E-state index is 0.0491. The molecule has 1 aliphatic carbocycles. The van der Waals surface area contributed by atoms with E-state index < -0.39 is 10.6 Å². The van der Waals surface area contributed by atoms with E-state index >= 15 is 0 Å². The van der Waals surface area contributed by atoms with Gasteiger partial charge in [-0.3, -0.25) is 15.0 Å². The molecule has 130 valence electrons. The van der Waals surface area contributed by atoms with Gasteiger partial charge in [0.2, 0.25) is 11.9 Å². The molecule has 0 unspecified atom stereocenters. The Morgan fingerprint density at radius 1 is 1.20 bits per heavy atom. The molecule has 0 amide bonds. The molecule has 1 spiro atoms. The number of nitro benzene ring substituents is 1. The predicted molar refractivity (Wildman–Crippen MR) is 90.0 cm³/mol. The van der Waals surface area contributed by atoms with E-state index in [0.717, 1.165) is 19.3 Å². The van der Waals surface area contributed by atoms with Crippen LogP contribution in [0.1, 0.15) is 32.1 Å². The number of nitro groups is 1. The van der Waals surface area contributed by atoms with Crippen LogP contribution in [0.15, 0.2) is 26.7 Å². The molecular weight excluding hydrogens is 328 g/mol. The highest BCUT2D eigenvalue weighted by molar-refractivity contribution is 6.11. The second-order valence-electron chi connectivity index (χ2n) is 6.14. The highest BCUT2D eigenvalue weighted by Crippen LogP contribution is 2.44. The van der Waals surface area contributed by atoms with Crippen molar-refractivity contribution in [3.63, 3.8) is 0 Å². The summed E-state index contributed by atoms with van der Waals surface area (Å²) in [5.41, 5.74) is 11.8. The number of rotatable bonds is 2. The SMILES string of the molecule is NC1=NC2(CCCCC2)N(c2c([N+](=O)[O-])ccc3nonc23)C(N)=N1. The highest BCUT2D eigenvalue weighted by atomic mass is 16.6. The van der Waals surface area contributed by atoms with Gasteiger partial charge >= 0.3 is 0 Å². The minimum Gasteiger partial charge on any atom is -0.369 e. The number of nitrogens with two attached hydrogens (primary N) is 2. The summed E-state index contributed by atoms with van der Waals surface area (Å²) >= 11 is 0. The van der Waals surface area contributed by atoms with E-state index in [1.165, 1.54) is 12.1 Å². The number of aliphatic imine (C=N–C) groups is 2. The van der Waals surface area contributed by atoms with E-state index in [2.05, 4.69) is 20.3 Å². The quantitative estimate of drug-likeness (QED) is 0.607. The van der Waals surface area contributed by atoms with Crippen molar-refractivity contribution in [1.29, 1.82) is 0 Å². The molecular formula is C14H16N8O3. The minimum atomic E-state index is -0.813. The molecule has 11 nitrogen and oxygen atoms in total. The third kappa shape index (κ3) is 2.27. The maximum Gasteiger partial charge on any atom is 0.295 e. The van der Waals surface area contributed by atoms with Crippen LogP contribution in [0.4, 0.5) is 11.4 Å². The average Bonchev–Trinajstić information content (AvgIpc) is 3.03. The Balaban J connectivity index is 2.00. The van der Waals surface area contributed by atoms with Gasteiger partial charge in [0.25, 0.3) is 5.69 Å². The number of aromatic nitrogens is 2. The van der Waals surface area contributed by atoms with E-state index in [1.54, 1.807) is 4.90 Å². The van der Waals surface area contributed by atoms with Crippen LogP contribution < -0.4 is 16.4 Å². The summed E-state index contributed by atoms with van der Waals surface area (Å²) in [5, 5.41) is 19.2. The van der Waals surface area contributed by atoms with Crippen molar-refractivity contribution in [2.45, 2.75) is 37.8 Å². The molecule has 0 saturated heterocycles. The van der Waals surface area contributed by atoms with Gasteiger partial charge in [0.15, 0.2) is 11.2 Å². The van der Waals surface area contributed by atoms with Crippen LogP contribution in [0, 0.1) is 10.1 Å². The molecule has 0 bridgehead atoms. The molecule has 1 saturated carbocycles. The van der Waals surface area contributed by atoms with E-state index in [-0.39, 0.29) is 28.8 Å². The van der Waals surface area contributed by atoms with Crippen LogP contribution in [0.5, 0.6) is 0 Å². The number of fused-ring (bicyclic) bond motifs is 1. The third-order valence-corrected chi connectivity index (χ3v) is 4.65. The zero-order chi connectivity index (χ0) is 17.6. The summed E-state index contributed by atoms with van der Waals surface area (Å²) in [6.45, 7) is 0. The van der Waals surface area contributed by atoms with Crippen LogP contribution >= 0.6 is 0 Å². The lowest BCUT2D eigenvalue weighted by Crippen LogP contribution is -2.58. The lowest BCUT2D eigenvalue weighted by Gasteiger charge is -2.45. The van der Waals surface area contributed by atoms with Gasteiger partial charge in [-0.1, -0.05) is 6.42 Å². The number of hydrogen-bond acceptors (Lipinski definition) is 10. The van der Waals surface area contributed by atoms with Gasteiger partial charge in [0.05, 0.1) is 4.92 Å². The van der Waals surface area contributed by atoms with Crippen molar-refractivity contribution in [3.05, 3.63) is 22.2 Å². The summed E-state index contributed by atoms with van der Waals surface area (Å²) < 4.78 is 4.77. The summed E-state index contributed by atoms with van der Waals surface area (Å²) in [7, 11) is 0. The van der Waals surface area contributed by atoms with Crippen LogP contribution in [-0.4, -0.2) is 32.8 Å². The fourth-order valence-corrected chi connectivity index (χ4v) is 3.64. The Labute approximate surface area is 141 Å².